The van der Waals surface area contributed by atoms with Crippen molar-refractivity contribution < 1.29 is 41.3 Å². The van der Waals surface area contributed by atoms with E-state index < -0.39 is 46.8 Å². The lowest BCUT2D eigenvalue weighted by molar-refractivity contribution is -0.253. The van der Waals surface area contributed by atoms with Crippen LogP contribution in [0.4, 0.5) is 27.6 Å². The van der Waals surface area contributed by atoms with E-state index in [-0.39, 0.29) is 36.2 Å². The molecule has 7 rings (SSSR count). The molecule has 0 unspecified atom stereocenters. The zero-order valence-corrected chi connectivity index (χ0v) is 27.1. The van der Waals surface area contributed by atoms with Gasteiger partial charge in [-0.15, -0.1) is 0 Å². The highest BCUT2D eigenvalue weighted by Gasteiger charge is 2.35. The maximum atomic E-state index is 14.2. The van der Waals surface area contributed by atoms with E-state index in [4.69, 9.17) is 9.47 Å². The summed E-state index contributed by atoms with van der Waals surface area (Å²) in [5.74, 6) is -12.8. The van der Waals surface area contributed by atoms with Crippen LogP contribution in [-0.2, 0) is 16.1 Å². The molecule has 4 aromatic carbocycles. The van der Waals surface area contributed by atoms with E-state index in [9.17, 15) is 36.6 Å². The number of halogens is 5. The fourth-order valence-electron chi connectivity index (χ4n) is 6.84. The number of aliphatic hydroxyl groups is 1. The van der Waals surface area contributed by atoms with Gasteiger partial charge in [-0.05, 0) is 48.2 Å². The zero-order chi connectivity index (χ0) is 35.8. The monoisotopic (exact) mass is 708 g/mol. The molecule has 51 heavy (non-hydrogen) atoms. The number of carbonyl (C=O) groups is 1. The number of benzene rings is 4. The highest BCUT2D eigenvalue weighted by molar-refractivity contribution is 6.04. The van der Waals surface area contributed by atoms with Gasteiger partial charge in [0.15, 0.2) is 29.6 Å². The fourth-order valence-corrected chi connectivity index (χ4v) is 6.84. The number of aromatic amines is 1. The van der Waals surface area contributed by atoms with Crippen LogP contribution in [-0.4, -0.2) is 51.2 Å². The molecule has 2 saturated heterocycles. The van der Waals surface area contributed by atoms with Crippen molar-refractivity contribution in [1.29, 1.82) is 0 Å². The molecule has 0 spiro atoms. The van der Waals surface area contributed by atoms with Crippen LogP contribution < -0.4 is 11.0 Å². The van der Waals surface area contributed by atoms with E-state index in [1.54, 1.807) is 12.1 Å². The maximum Gasteiger partial charge on any atom is 0.326 e. The number of imidazole rings is 1. The molecule has 0 bridgehead atoms. The lowest BCUT2D eigenvalue weighted by Crippen LogP contribution is -2.43. The summed E-state index contributed by atoms with van der Waals surface area (Å²) in [5.41, 5.74) is 2.20. The van der Waals surface area contributed by atoms with Gasteiger partial charge in [-0.3, -0.25) is 9.36 Å². The molecule has 1 aromatic heterocycles. The minimum Gasteiger partial charge on any atom is -0.392 e. The molecule has 5 aromatic rings. The minimum atomic E-state index is -2.36. The molecular weight excluding hydrogens is 675 g/mol. The fraction of sp³-hybridized carbons (Fsp3) is 0.297. The van der Waals surface area contributed by atoms with Crippen molar-refractivity contribution in [3.63, 3.8) is 0 Å². The van der Waals surface area contributed by atoms with Gasteiger partial charge in [-0.2, -0.15) is 0 Å². The maximum absolute atomic E-state index is 14.2. The van der Waals surface area contributed by atoms with Crippen LogP contribution >= 0.6 is 0 Å². The first-order valence-electron chi connectivity index (χ1n) is 16.5. The second-order valence-electron chi connectivity index (χ2n) is 12.7. The molecule has 266 valence electrons. The van der Waals surface area contributed by atoms with Gasteiger partial charge in [0.2, 0.25) is 5.82 Å². The first kappa shape index (κ1) is 34.6. The average Bonchev–Trinajstić information content (AvgIpc) is 3.49. The van der Waals surface area contributed by atoms with Crippen LogP contribution in [0.5, 0.6) is 0 Å². The molecule has 1 amide bonds. The van der Waals surface area contributed by atoms with Crippen LogP contribution in [0.2, 0.25) is 0 Å². The second kappa shape index (κ2) is 14.4. The molecule has 0 aliphatic carbocycles. The van der Waals surface area contributed by atoms with Crippen LogP contribution in [0.25, 0.3) is 11.0 Å². The Hall–Kier alpha value is -4.89. The van der Waals surface area contributed by atoms with Crippen molar-refractivity contribution in [2.75, 3.05) is 25.0 Å². The van der Waals surface area contributed by atoms with Gasteiger partial charge in [0, 0.05) is 43.3 Å². The molecule has 9 nitrogen and oxygen atoms in total. The van der Waals surface area contributed by atoms with Gasteiger partial charge in [-0.1, -0.05) is 48.5 Å². The molecule has 2 aliphatic rings. The molecular formula is C37H33F5N4O5. The summed E-state index contributed by atoms with van der Waals surface area (Å²) in [6.07, 6.45) is 0.586. The number of nitrogens with one attached hydrogen (secondary N) is 2. The number of likely N-dealkylation sites (tertiary alicyclic amines) is 1. The number of rotatable bonds is 8. The van der Waals surface area contributed by atoms with Gasteiger partial charge < -0.3 is 29.8 Å². The number of para-hydroxylation sites is 2. The molecule has 0 radical (unpaired) electrons. The highest BCUT2D eigenvalue weighted by atomic mass is 19.2. The number of amides is 1. The molecule has 2 fully saturated rings. The predicted octanol–water partition coefficient (Wildman–Crippen LogP) is 6.65. The smallest absolute Gasteiger partial charge is 0.326 e. The Balaban J connectivity index is 1.06. The van der Waals surface area contributed by atoms with Gasteiger partial charge in [0.25, 0.3) is 5.91 Å². The van der Waals surface area contributed by atoms with Crippen LogP contribution in [0, 0.1) is 29.1 Å². The normalized spacial score (nSPS) is 20.2. The number of fused-ring (bicyclic) bond motifs is 1. The highest BCUT2D eigenvalue weighted by Crippen LogP contribution is 2.39. The molecule has 2 aliphatic heterocycles. The lowest BCUT2D eigenvalue weighted by atomic mass is 9.98. The van der Waals surface area contributed by atoms with Crippen LogP contribution in [0.1, 0.15) is 64.7 Å². The number of carbonyl (C=O) groups excluding carboxylic acids is 1. The van der Waals surface area contributed by atoms with Gasteiger partial charge in [0.1, 0.15) is 5.56 Å². The number of nitrogens with zero attached hydrogens (tertiary/aromatic N) is 2. The molecule has 3 heterocycles. The SMILES string of the molecule is O=C(Nc1ccc([C@@H]2O[C@H](CN3CCC(n4c(=O)[nH]c5ccccc54)CC3)C[C@H](c3ccc(CO)cc3)O2)cc1)c1c(F)c(F)c(F)c(F)c1F. The van der Waals surface area contributed by atoms with Gasteiger partial charge in [-0.25, -0.2) is 26.7 Å². The van der Waals surface area contributed by atoms with E-state index in [2.05, 4.69) is 15.2 Å². The van der Waals surface area contributed by atoms with E-state index >= 15 is 0 Å². The Morgan fingerprint density at radius 1 is 0.824 bits per heavy atom. The van der Waals surface area contributed by atoms with Crippen molar-refractivity contribution in [2.24, 2.45) is 0 Å². The van der Waals surface area contributed by atoms with Crippen molar-refractivity contribution in [1.82, 2.24) is 14.5 Å². The van der Waals surface area contributed by atoms with Crippen LogP contribution in [0.3, 0.4) is 0 Å². The standard InChI is InChI=1S/C37H33F5N4O5/c38-30-29(31(39)33(41)34(42)32(30)40)35(48)43-23-11-9-22(10-12-23)36-50-25(17-28(51-36)21-7-5-20(19-47)6-8-21)18-45-15-13-24(14-16-45)46-27-4-2-1-3-26(27)44-37(46)49/h1-12,24-25,28,36,47H,13-19H2,(H,43,48)(H,44,49)/t25-,28+,36+/m0/s1. The molecule has 3 N–H and O–H groups in total. The number of anilines is 1. The summed E-state index contributed by atoms with van der Waals surface area (Å²) in [6.45, 7) is 1.98. The van der Waals surface area contributed by atoms with Crippen molar-refractivity contribution in [3.8, 4) is 0 Å². The van der Waals surface area contributed by atoms with Crippen molar-refractivity contribution >= 4 is 22.6 Å². The Labute approximate surface area is 288 Å². The topological polar surface area (TPSA) is 109 Å². The average molecular weight is 709 g/mol. The number of aliphatic hydroxyl groups excluding tert-OH is 1. The quantitative estimate of drug-likeness (QED) is 0.0947. The van der Waals surface area contributed by atoms with E-state index in [0.717, 1.165) is 48.1 Å². The summed E-state index contributed by atoms with van der Waals surface area (Å²) in [5, 5.41) is 11.7. The van der Waals surface area contributed by atoms with E-state index in [0.29, 0.717) is 18.5 Å². The molecule has 3 atom stereocenters. The van der Waals surface area contributed by atoms with E-state index in [1.165, 1.54) is 12.1 Å². The Morgan fingerprint density at radius 3 is 2.12 bits per heavy atom. The van der Waals surface area contributed by atoms with Crippen molar-refractivity contribution in [3.05, 3.63) is 135 Å². The third-order valence-corrected chi connectivity index (χ3v) is 9.50. The van der Waals surface area contributed by atoms with Crippen LogP contribution in [0.15, 0.2) is 77.6 Å². The Kier molecular flexibility index (Phi) is 9.75. The third kappa shape index (κ3) is 6.91. The summed E-state index contributed by atoms with van der Waals surface area (Å²) >= 11 is 0. The van der Waals surface area contributed by atoms with Gasteiger partial charge >= 0.3 is 5.69 Å². The number of hydrogen-bond acceptors (Lipinski definition) is 6. The summed E-state index contributed by atoms with van der Waals surface area (Å²) in [7, 11) is 0. The number of ether oxygens (including phenoxy) is 2. The summed E-state index contributed by atoms with van der Waals surface area (Å²) in [6, 6.07) is 21.0. The summed E-state index contributed by atoms with van der Waals surface area (Å²) < 4.78 is 83.9. The minimum absolute atomic E-state index is 0.0355. The number of hydrogen-bond donors (Lipinski definition) is 3. The lowest BCUT2D eigenvalue weighted by Gasteiger charge is -2.40. The first-order valence-corrected chi connectivity index (χ1v) is 16.5. The zero-order valence-electron chi connectivity index (χ0n) is 27.1. The number of aromatic nitrogens is 2. The molecule has 0 saturated carbocycles. The number of piperidine rings is 1. The molecule has 14 heteroatoms. The Morgan fingerprint density at radius 2 is 1.45 bits per heavy atom. The largest absolute Gasteiger partial charge is 0.392 e. The number of H-pyrrole nitrogens is 1. The van der Waals surface area contributed by atoms with Gasteiger partial charge in [0.05, 0.1) is 29.8 Å². The first-order chi connectivity index (χ1) is 24.6. The Bertz CT molecular complexity index is 2080. The predicted molar refractivity (Wildman–Crippen MR) is 176 cm³/mol. The van der Waals surface area contributed by atoms with Crippen molar-refractivity contribution in [2.45, 2.75) is 50.4 Å². The van der Waals surface area contributed by atoms with E-state index in [1.807, 2.05) is 53.1 Å². The summed E-state index contributed by atoms with van der Waals surface area (Å²) in [4.78, 5) is 30.6. The second-order valence-corrected chi connectivity index (χ2v) is 12.7. The third-order valence-electron chi connectivity index (χ3n) is 9.50.